The second-order valence-corrected chi connectivity index (χ2v) is 6.65. The summed E-state index contributed by atoms with van der Waals surface area (Å²) in [5.74, 6) is -0.213. The van der Waals surface area contributed by atoms with Crippen LogP contribution < -0.4 is 10.5 Å². The SMILES string of the molecule is Nc1cncc(S(=O)(=O)NCCN2C(=O)CSC2=O)c1. The molecule has 2 rings (SSSR count). The molecule has 1 aliphatic rings. The summed E-state index contributed by atoms with van der Waals surface area (Å²) in [6, 6.07) is 1.28. The van der Waals surface area contributed by atoms with Crippen LogP contribution in [-0.4, -0.2) is 48.3 Å². The van der Waals surface area contributed by atoms with Crippen molar-refractivity contribution in [3.8, 4) is 0 Å². The van der Waals surface area contributed by atoms with Crippen molar-refractivity contribution in [1.29, 1.82) is 0 Å². The maximum Gasteiger partial charge on any atom is 0.288 e. The lowest BCUT2D eigenvalue weighted by atomic mass is 10.4. The predicted molar refractivity (Wildman–Crippen MR) is 73.4 cm³/mol. The summed E-state index contributed by atoms with van der Waals surface area (Å²) in [7, 11) is -3.76. The summed E-state index contributed by atoms with van der Waals surface area (Å²) in [6.45, 7) is -0.0607. The topological polar surface area (TPSA) is 122 Å². The fourth-order valence-electron chi connectivity index (χ4n) is 1.55. The van der Waals surface area contributed by atoms with Crippen molar-refractivity contribution >= 4 is 38.6 Å². The van der Waals surface area contributed by atoms with Gasteiger partial charge < -0.3 is 5.73 Å². The monoisotopic (exact) mass is 316 g/mol. The van der Waals surface area contributed by atoms with E-state index in [-0.39, 0.29) is 40.6 Å². The molecule has 1 aliphatic heterocycles. The third-order valence-corrected chi connectivity index (χ3v) is 4.80. The molecule has 2 amide bonds. The minimum Gasteiger partial charge on any atom is -0.397 e. The van der Waals surface area contributed by atoms with E-state index in [2.05, 4.69) is 9.71 Å². The molecule has 2 heterocycles. The van der Waals surface area contributed by atoms with E-state index in [4.69, 9.17) is 5.73 Å². The number of thioether (sulfide) groups is 1. The van der Waals surface area contributed by atoms with Crippen molar-refractivity contribution in [3.05, 3.63) is 18.5 Å². The Kier molecular flexibility index (Phi) is 4.26. The third kappa shape index (κ3) is 3.26. The summed E-state index contributed by atoms with van der Waals surface area (Å²) in [6.07, 6.45) is 2.50. The van der Waals surface area contributed by atoms with Crippen molar-refractivity contribution < 1.29 is 18.0 Å². The number of imide groups is 1. The van der Waals surface area contributed by atoms with Crippen LogP contribution in [0, 0.1) is 0 Å². The summed E-state index contributed by atoms with van der Waals surface area (Å²) in [5, 5.41) is -0.361. The molecule has 1 aromatic heterocycles. The Bertz CT molecular complexity index is 630. The molecule has 10 heteroatoms. The van der Waals surface area contributed by atoms with Crippen LogP contribution in [0.1, 0.15) is 0 Å². The number of anilines is 1. The van der Waals surface area contributed by atoms with E-state index in [9.17, 15) is 18.0 Å². The van der Waals surface area contributed by atoms with Crippen LogP contribution in [0.4, 0.5) is 10.5 Å². The maximum atomic E-state index is 11.9. The van der Waals surface area contributed by atoms with Gasteiger partial charge in [-0.1, -0.05) is 11.8 Å². The van der Waals surface area contributed by atoms with E-state index in [1.54, 1.807) is 0 Å². The van der Waals surface area contributed by atoms with Gasteiger partial charge in [0.15, 0.2) is 0 Å². The van der Waals surface area contributed by atoms with Crippen molar-refractivity contribution in [1.82, 2.24) is 14.6 Å². The second-order valence-electron chi connectivity index (χ2n) is 3.95. The zero-order chi connectivity index (χ0) is 14.8. The first kappa shape index (κ1) is 14.8. The highest BCUT2D eigenvalue weighted by Crippen LogP contribution is 2.18. The molecule has 20 heavy (non-hydrogen) atoms. The molecule has 0 radical (unpaired) electrons. The number of carbonyl (C=O) groups excluding carboxylic acids is 2. The van der Waals surface area contributed by atoms with Crippen molar-refractivity contribution in [3.63, 3.8) is 0 Å². The average molecular weight is 316 g/mol. The van der Waals surface area contributed by atoms with Gasteiger partial charge >= 0.3 is 0 Å². The van der Waals surface area contributed by atoms with Crippen LogP contribution >= 0.6 is 11.8 Å². The minimum absolute atomic E-state index is 0.000356. The van der Waals surface area contributed by atoms with E-state index < -0.39 is 10.0 Å². The summed E-state index contributed by atoms with van der Waals surface area (Å²) in [4.78, 5) is 27.3. The first-order chi connectivity index (χ1) is 9.40. The van der Waals surface area contributed by atoms with Gasteiger partial charge in [0.05, 0.1) is 11.4 Å². The number of nitrogens with one attached hydrogen (secondary N) is 1. The van der Waals surface area contributed by atoms with Crippen LogP contribution in [0.15, 0.2) is 23.4 Å². The lowest BCUT2D eigenvalue weighted by Crippen LogP contribution is -2.37. The molecule has 1 saturated heterocycles. The molecule has 0 aromatic carbocycles. The Labute approximate surface area is 119 Å². The van der Waals surface area contributed by atoms with Crippen molar-refractivity contribution in [2.45, 2.75) is 4.90 Å². The number of rotatable bonds is 5. The van der Waals surface area contributed by atoms with Crippen molar-refractivity contribution in [2.24, 2.45) is 0 Å². The number of amides is 2. The lowest BCUT2D eigenvalue weighted by Gasteiger charge is -2.13. The average Bonchev–Trinajstić information content (AvgIpc) is 2.70. The zero-order valence-electron chi connectivity index (χ0n) is 10.3. The van der Waals surface area contributed by atoms with Crippen LogP contribution in [-0.2, 0) is 14.8 Å². The number of pyridine rings is 1. The van der Waals surface area contributed by atoms with Gasteiger partial charge in [-0.2, -0.15) is 0 Å². The van der Waals surface area contributed by atoms with Crippen LogP contribution in [0.5, 0.6) is 0 Å². The normalized spacial score (nSPS) is 15.9. The standard InChI is InChI=1S/C10H12N4O4S2/c11-7-3-8(5-12-4-7)20(17,18)13-1-2-14-9(15)6-19-10(14)16/h3-5,13H,1-2,6,11H2. The van der Waals surface area contributed by atoms with E-state index >= 15 is 0 Å². The molecule has 0 spiro atoms. The Morgan fingerprint density at radius 3 is 2.75 bits per heavy atom. The molecular formula is C10H12N4O4S2. The number of hydrogen-bond acceptors (Lipinski definition) is 7. The molecular weight excluding hydrogens is 304 g/mol. The summed E-state index contributed by atoms with van der Waals surface area (Å²) < 4.78 is 26.1. The molecule has 3 N–H and O–H groups in total. The first-order valence-electron chi connectivity index (χ1n) is 5.57. The Balaban J connectivity index is 1.96. The van der Waals surface area contributed by atoms with Crippen LogP contribution in [0.25, 0.3) is 0 Å². The maximum absolute atomic E-state index is 11.9. The van der Waals surface area contributed by atoms with E-state index in [1.807, 2.05) is 0 Å². The smallest absolute Gasteiger partial charge is 0.288 e. The number of aromatic nitrogens is 1. The minimum atomic E-state index is -3.76. The molecule has 8 nitrogen and oxygen atoms in total. The van der Waals surface area contributed by atoms with Gasteiger partial charge in [0.1, 0.15) is 4.90 Å². The molecule has 0 bridgehead atoms. The Morgan fingerprint density at radius 2 is 2.15 bits per heavy atom. The Morgan fingerprint density at radius 1 is 1.40 bits per heavy atom. The molecule has 0 unspecified atom stereocenters. The predicted octanol–water partition coefficient (Wildman–Crippen LogP) is -0.363. The fourth-order valence-corrected chi connectivity index (χ4v) is 3.32. The molecule has 108 valence electrons. The van der Waals surface area contributed by atoms with Gasteiger partial charge in [0, 0.05) is 25.5 Å². The highest BCUT2D eigenvalue weighted by Gasteiger charge is 2.29. The van der Waals surface area contributed by atoms with E-state index in [1.165, 1.54) is 18.5 Å². The molecule has 0 aliphatic carbocycles. The number of nitrogen functional groups attached to an aromatic ring is 1. The largest absolute Gasteiger partial charge is 0.397 e. The quantitative estimate of drug-likeness (QED) is 0.760. The number of nitrogens with zero attached hydrogens (tertiary/aromatic N) is 2. The zero-order valence-corrected chi connectivity index (χ0v) is 11.9. The van der Waals surface area contributed by atoms with Gasteiger partial charge in [0.2, 0.25) is 15.9 Å². The highest BCUT2D eigenvalue weighted by atomic mass is 32.2. The number of nitrogens with two attached hydrogens (primary N) is 1. The number of hydrogen-bond donors (Lipinski definition) is 2. The van der Waals surface area contributed by atoms with Crippen molar-refractivity contribution in [2.75, 3.05) is 24.6 Å². The highest BCUT2D eigenvalue weighted by molar-refractivity contribution is 8.14. The third-order valence-electron chi connectivity index (χ3n) is 2.51. The molecule has 1 aromatic rings. The lowest BCUT2D eigenvalue weighted by molar-refractivity contribution is -0.124. The summed E-state index contributed by atoms with van der Waals surface area (Å²) in [5.41, 5.74) is 5.70. The first-order valence-corrected chi connectivity index (χ1v) is 8.04. The second kappa shape index (κ2) is 5.77. The van der Waals surface area contributed by atoms with Crippen LogP contribution in [0.3, 0.4) is 0 Å². The number of sulfonamides is 1. The van der Waals surface area contributed by atoms with Gasteiger partial charge in [0.25, 0.3) is 5.24 Å². The Hall–Kier alpha value is -1.65. The van der Waals surface area contributed by atoms with E-state index in [0.29, 0.717) is 0 Å². The van der Waals surface area contributed by atoms with E-state index in [0.717, 1.165) is 16.7 Å². The molecule has 0 atom stereocenters. The summed E-state index contributed by atoms with van der Waals surface area (Å²) >= 11 is 0.903. The van der Waals surface area contributed by atoms with Gasteiger partial charge in [-0.15, -0.1) is 0 Å². The molecule has 1 fully saturated rings. The van der Waals surface area contributed by atoms with Gasteiger partial charge in [-0.3, -0.25) is 19.5 Å². The van der Waals surface area contributed by atoms with Crippen LogP contribution in [0.2, 0.25) is 0 Å². The van der Waals surface area contributed by atoms with Gasteiger partial charge in [-0.05, 0) is 6.07 Å². The fraction of sp³-hybridized carbons (Fsp3) is 0.300. The van der Waals surface area contributed by atoms with Gasteiger partial charge in [-0.25, -0.2) is 13.1 Å². The number of carbonyl (C=O) groups is 2. The molecule has 0 saturated carbocycles.